The fourth-order valence-electron chi connectivity index (χ4n) is 9.21. The van der Waals surface area contributed by atoms with Gasteiger partial charge in [0.1, 0.15) is 29.7 Å². The average molecular weight is 877 g/mol. The van der Waals surface area contributed by atoms with Gasteiger partial charge in [0.05, 0.1) is 43.0 Å². The molecule has 0 radical (unpaired) electrons. The van der Waals surface area contributed by atoms with Crippen molar-refractivity contribution in [3.8, 4) is 0 Å². The van der Waals surface area contributed by atoms with Gasteiger partial charge < -0.3 is 34.1 Å². The number of β-lactam (4-membered cyclic amide) rings is 1. The number of rotatable bonds is 19. The van der Waals surface area contributed by atoms with Crippen molar-refractivity contribution in [2.24, 2.45) is 0 Å². The van der Waals surface area contributed by atoms with Crippen molar-refractivity contribution >= 4 is 57.6 Å². The lowest BCUT2D eigenvalue weighted by atomic mass is 9.83. The Labute approximate surface area is 364 Å². The number of thiophene rings is 1. The van der Waals surface area contributed by atoms with Crippen LogP contribution in [0.25, 0.3) is 10.9 Å². The Hall–Kier alpha value is -5.09. The number of amides is 2. The fraction of sp³-hybridized carbons (Fsp3) is 0.565. The van der Waals surface area contributed by atoms with Gasteiger partial charge in [0.15, 0.2) is 0 Å². The molecule has 2 N–H and O–H groups in total. The number of carbonyl (C=O) groups excluding carboxylic acids is 5. The van der Waals surface area contributed by atoms with Crippen LogP contribution in [0.15, 0.2) is 45.8 Å². The van der Waals surface area contributed by atoms with Gasteiger partial charge in [-0.05, 0) is 81.4 Å². The number of aliphatic hydroxyl groups excluding tert-OH is 1. The summed E-state index contributed by atoms with van der Waals surface area (Å²) in [5.74, 6) is -2.97. The number of esters is 3. The summed E-state index contributed by atoms with van der Waals surface area (Å²) in [6.45, 7) is 4.61. The van der Waals surface area contributed by atoms with Gasteiger partial charge in [-0.25, -0.2) is 14.0 Å². The third-order valence-corrected chi connectivity index (χ3v) is 13.4. The number of pyridine rings is 1. The lowest BCUT2D eigenvalue weighted by molar-refractivity contribution is -0.158. The van der Waals surface area contributed by atoms with Crippen molar-refractivity contribution in [3.05, 3.63) is 73.1 Å². The Morgan fingerprint density at radius 2 is 1.58 bits per heavy atom. The molecule has 0 saturated carbocycles. The summed E-state index contributed by atoms with van der Waals surface area (Å²) >= 11 is 1.46. The van der Waals surface area contributed by atoms with E-state index in [1.807, 2.05) is 33.9 Å². The molecule has 2 amide bonds. The molecule has 1 aromatic carbocycles. The summed E-state index contributed by atoms with van der Waals surface area (Å²) in [5, 5.41) is 14.9. The molecule has 2 aromatic heterocycles. The molecule has 334 valence electrons. The summed E-state index contributed by atoms with van der Waals surface area (Å²) in [4.78, 5) is 81.8. The molecular formula is C46H57FN4O10S. The molecule has 14 nitrogen and oxygen atoms in total. The van der Waals surface area contributed by atoms with E-state index in [0.29, 0.717) is 74.8 Å². The number of aryl methyl sites for hydroxylation is 1. The maximum Gasteiger partial charge on any atom is 0.355 e. The lowest BCUT2D eigenvalue weighted by Crippen LogP contribution is -2.71. The second kappa shape index (κ2) is 20.4. The summed E-state index contributed by atoms with van der Waals surface area (Å²) in [6.07, 6.45) is 11.6. The molecule has 3 aromatic rings. The number of fused-ring (bicyclic) bond motifs is 1. The zero-order valence-corrected chi connectivity index (χ0v) is 36.4. The minimum absolute atomic E-state index is 0.0133. The maximum atomic E-state index is 15.7. The number of benzene rings is 1. The van der Waals surface area contributed by atoms with E-state index >= 15 is 4.39 Å². The van der Waals surface area contributed by atoms with Crippen molar-refractivity contribution < 1.29 is 47.7 Å². The Balaban J connectivity index is 0.811. The van der Waals surface area contributed by atoms with Crippen LogP contribution < -0.4 is 15.6 Å². The monoisotopic (exact) mass is 876 g/mol. The number of hydrogen-bond donors (Lipinski definition) is 2. The molecular weight excluding hydrogens is 820 g/mol. The van der Waals surface area contributed by atoms with Crippen molar-refractivity contribution in [3.63, 3.8) is 0 Å². The quantitative estimate of drug-likeness (QED) is 0.0622. The van der Waals surface area contributed by atoms with Crippen LogP contribution in [0.4, 0.5) is 10.1 Å². The highest BCUT2D eigenvalue weighted by molar-refractivity contribution is 7.10. The number of unbranched alkanes of at least 4 members (excludes halogenated alkanes) is 7. The number of halogens is 1. The topological polar surface area (TPSA) is 174 Å². The minimum Gasteiger partial charge on any atom is -0.462 e. The van der Waals surface area contributed by atoms with Crippen LogP contribution in [0.1, 0.15) is 124 Å². The highest BCUT2D eigenvalue weighted by atomic mass is 32.1. The number of aromatic nitrogens is 1. The first-order valence-corrected chi connectivity index (χ1v) is 23.0. The van der Waals surface area contributed by atoms with E-state index in [4.69, 9.17) is 14.2 Å². The maximum absolute atomic E-state index is 15.7. The molecule has 3 atom stereocenters. The van der Waals surface area contributed by atoms with E-state index in [-0.39, 0.29) is 66.8 Å². The third-order valence-electron chi connectivity index (χ3n) is 12.5. The molecule has 4 aliphatic rings. The van der Waals surface area contributed by atoms with Crippen LogP contribution in [0.3, 0.4) is 0 Å². The van der Waals surface area contributed by atoms with Crippen molar-refractivity contribution in [1.82, 2.24) is 14.8 Å². The first-order valence-electron chi connectivity index (χ1n) is 22.1. The van der Waals surface area contributed by atoms with Crippen LogP contribution in [0.5, 0.6) is 0 Å². The van der Waals surface area contributed by atoms with Crippen LogP contribution >= 0.6 is 11.3 Å². The molecule has 0 bridgehead atoms. The van der Waals surface area contributed by atoms with Gasteiger partial charge >= 0.3 is 17.9 Å². The highest BCUT2D eigenvalue weighted by Gasteiger charge is 2.53. The molecule has 2 saturated heterocycles. The number of ether oxygens (including phenoxy) is 3. The lowest BCUT2D eigenvalue weighted by Gasteiger charge is -2.50. The number of piperidine rings is 1. The van der Waals surface area contributed by atoms with E-state index < -0.39 is 41.3 Å². The van der Waals surface area contributed by atoms with Gasteiger partial charge in [-0.2, -0.15) is 0 Å². The summed E-state index contributed by atoms with van der Waals surface area (Å²) in [5.41, 5.74) is 1.95. The fourth-order valence-corrected chi connectivity index (χ4v) is 9.91. The summed E-state index contributed by atoms with van der Waals surface area (Å²) in [6, 6.07) is 3.89. The molecule has 62 heavy (non-hydrogen) atoms. The number of nitrogens with zero attached hydrogens (tertiary/aromatic N) is 3. The SMILES string of the molecule is CC(=O)OCC1=C(C(=O)OCCCCCCCCCCOC(=O)c2cn3c4c(c(N5CCC(O)CC5)c(F)cc4c2=O)CCC3C)N2C(=O)[C@H](NC(=O)Cc3cccs3)[C@H]2CC1. The predicted molar refractivity (Wildman–Crippen MR) is 230 cm³/mol. The Kier molecular flexibility index (Phi) is 14.8. The predicted octanol–water partition coefficient (Wildman–Crippen LogP) is 6.04. The number of aliphatic hydroxyl groups is 1. The van der Waals surface area contributed by atoms with Gasteiger partial charge in [-0.3, -0.25) is 24.1 Å². The minimum atomic E-state index is -0.729. The third kappa shape index (κ3) is 10.1. The number of carbonyl (C=O) groups is 5. The molecule has 0 aliphatic carbocycles. The molecule has 1 unspecified atom stereocenters. The normalized spacial score (nSPS) is 19.9. The first kappa shape index (κ1) is 44.9. The molecule has 2 fully saturated rings. The van der Waals surface area contributed by atoms with Crippen molar-refractivity contribution in [2.75, 3.05) is 37.8 Å². The largest absolute Gasteiger partial charge is 0.462 e. The summed E-state index contributed by atoms with van der Waals surface area (Å²) in [7, 11) is 0. The molecule has 6 heterocycles. The van der Waals surface area contributed by atoms with Gasteiger partial charge in [-0.1, -0.05) is 44.6 Å². The Morgan fingerprint density at radius 1 is 0.903 bits per heavy atom. The Bertz CT molecular complexity index is 2250. The van der Waals surface area contributed by atoms with Crippen LogP contribution in [-0.4, -0.2) is 95.4 Å². The average Bonchev–Trinajstić information content (AvgIpc) is 3.77. The molecule has 16 heteroatoms. The van der Waals surface area contributed by atoms with Gasteiger partial charge in [0.25, 0.3) is 5.91 Å². The first-order chi connectivity index (χ1) is 29.9. The second-order valence-corrected chi connectivity index (χ2v) is 17.9. The van der Waals surface area contributed by atoms with Crippen molar-refractivity contribution in [1.29, 1.82) is 0 Å². The van der Waals surface area contributed by atoms with Crippen LogP contribution in [-0.2, 0) is 46.2 Å². The second-order valence-electron chi connectivity index (χ2n) is 16.9. The van der Waals surface area contributed by atoms with Gasteiger partial charge in [-0.15, -0.1) is 11.3 Å². The molecule has 0 spiro atoms. The molecule has 7 rings (SSSR count). The van der Waals surface area contributed by atoms with E-state index in [1.54, 1.807) is 6.20 Å². The standard InChI is InChI=1S/C46H57FN4O10S/c1-28-13-15-33-41-34(25-36(47)42(33)49-19-17-31(53)18-20-49)43(55)35(26-50(28)41)45(57)59-21-9-7-5-3-4-6-8-10-22-60-46(58)40-30(27-61-29(2)52)14-16-37-39(44(56)51(37)40)48-38(54)24-32-12-11-23-62-32/h11-12,23,25-26,28,31,37,39,53H,3-10,13-22,24,27H2,1-2H3,(H,48,54)/t28?,37-,39-/m1/s1. The Morgan fingerprint density at radius 3 is 2.24 bits per heavy atom. The van der Waals surface area contributed by atoms with E-state index in [9.17, 15) is 33.9 Å². The van der Waals surface area contributed by atoms with E-state index in [0.717, 1.165) is 55.4 Å². The molecule has 4 aliphatic heterocycles. The number of anilines is 1. The van der Waals surface area contributed by atoms with Gasteiger partial charge in [0, 0.05) is 48.1 Å². The smallest absolute Gasteiger partial charge is 0.355 e. The highest BCUT2D eigenvalue weighted by Crippen LogP contribution is 2.40. The number of hydrogen-bond acceptors (Lipinski definition) is 12. The summed E-state index contributed by atoms with van der Waals surface area (Å²) < 4.78 is 34.0. The zero-order chi connectivity index (χ0) is 43.9. The zero-order valence-electron chi connectivity index (χ0n) is 35.6. The van der Waals surface area contributed by atoms with Crippen LogP contribution in [0.2, 0.25) is 0 Å². The van der Waals surface area contributed by atoms with E-state index in [2.05, 4.69) is 5.32 Å². The van der Waals surface area contributed by atoms with Crippen molar-refractivity contribution in [2.45, 2.75) is 134 Å². The van der Waals surface area contributed by atoms with E-state index in [1.165, 1.54) is 29.2 Å². The van der Waals surface area contributed by atoms with Crippen LogP contribution in [0, 0.1) is 5.82 Å². The van der Waals surface area contributed by atoms with Gasteiger partial charge in [0.2, 0.25) is 11.3 Å². The number of nitrogens with one attached hydrogen (secondary N) is 1.